The molecule has 0 bridgehead atoms. The maximum Gasteiger partial charge on any atom is 0.122 e. The van der Waals surface area contributed by atoms with Crippen LogP contribution in [0.15, 0.2) is 35.7 Å². The Labute approximate surface area is 92.6 Å². The lowest BCUT2D eigenvalue weighted by atomic mass is 9.91. The van der Waals surface area contributed by atoms with Crippen LogP contribution in [0.5, 0.6) is 0 Å². The van der Waals surface area contributed by atoms with Gasteiger partial charge in [-0.15, -0.1) is 0 Å². The molecule has 1 aliphatic rings. The molecule has 0 saturated carbocycles. The first-order valence-corrected chi connectivity index (χ1v) is 5.98. The van der Waals surface area contributed by atoms with Crippen LogP contribution in [0.25, 0.3) is 0 Å². The van der Waals surface area contributed by atoms with Crippen molar-refractivity contribution in [2.75, 3.05) is 0 Å². The van der Waals surface area contributed by atoms with Gasteiger partial charge in [-0.1, -0.05) is 50.8 Å². The molecule has 1 heteroatoms. The van der Waals surface area contributed by atoms with Crippen LogP contribution < -0.4 is 0 Å². The van der Waals surface area contributed by atoms with Gasteiger partial charge in [0.05, 0.1) is 0 Å². The summed E-state index contributed by atoms with van der Waals surface area (Å²) in [6, 6.07) is 0. The highest BCUT2D eigenvalue weighted by Gasteiger charge is 2.08. The Morgan fingerprint density at radius 1 is 1.33 bits per heavy atom. The number of allylic oxidation sites excluding steroid dienone is 6. The smallest absolute Gasteiger partial charge is 0.122 e. The van der Waals surface area contributed by atoms with Crippen molar-refractivity contribution < 1.29 is 4.39 Å². The minimum absolute atomic E-state index is 0.131. The molecule has 0 aromatic heterocycles. The van der Waals surface area contributed by atoms with E-state index in [1.54, 1.807) is 12.2 Å². The average Bonchev–Trinajstić information content (AvgIpc) is 2.43. The van der Waals surface area contributed by atoms with E-state index in [0.717, 1.165) is 18.8 Å². The van der Waals surface area contributed by atoms with Crippen LogP contribution in [0.3, 0.4) is 0 Å². The highest BCUT2D eigenvalue weighted by Crippen LogP contribution is 2.24. The van der Waals surface area contributed by atoms with Crippen LogP contribution in [0.4, 0.5) is 4.39 Å². The third-order valence-corrected chi connectivity index (χ3v) is 2.96. The molecule has 0 amide bonds. The molecule has 1 aliphatic carbocycles. The molecule has 0 spiro atoms. The van der Waals surface area contributed by atoms with Crippen LogP contribution in [0.2, 0.25) is 0 Å². The van der Waals surface area contributed by atoms with Gasteiger partial charge < -0.3 is 0 Å². The van der Waals surface area contributed by atoms with E-state index in [-0.39, 0.29) is 5.83 Å². The van der Waals surface area contributed by atoms with E-state index >= 15 is 0 Å². The van der Waals surface area contributed by atoms with Crippen molar-refractivity contribution in [1.82, 2.24) is 0 Å². The van der Waals surface area contributed by atoms with E-state index in [4.69, 9.17) is 0 Å². The van der Waals surface area contributed by atoms with Gasteiger partial charge in [0, 0.05) is 0 Å². The van der Waals surface area contributed by atoms with Crippen molar-refractivity contribution in [1.29, 1.82) is 0 Å². The summed E-state index contributed by atoms with van der Waals surface area (Å²) in [5.41, 5.74) is 1.36. The van der Waals surface area contributed by atoms with Gasteiger partial charge in [-0.2, -0.15) is 0 Å². The van der Waals surface area contributed by atoms with Gasteiger partial charge in [-0.05, 0) is 30.9 Å². The molecule has 0 radical (unpaired) electrons. The first kappa shape index (κ1) is 12.2. The molecule has 0 saturated heterocycles. The molecule has 1 rings (SSSR count). The van der Waals surface area contributed by atoms with Crippen LogP contribution in [0.1, 0.15) is 46.0 Å². The van der Waals surface area contributed by atoms with Crippen molar-refractivity contribution >= 4 is 0 Å². The summed E-state index contributed by atoms with van der Waals surface area (Å²) in [6.07, 6.45) is 12.8. The van der Waals surface area contributed by atoms with Gasteiger partial charge >= 0.3 is 0 Å². The number of halogens is 1. The second kappa shape index (κ2) is 6.60. The molecule has 0 nitrogen and oxygen atoms in total. The Morgan fingerprint density at radius 2 is 2.13 bits per heavy atom. The molecule has 15 heavy (non-hydrogen) atoms. The van der Waals surface area contributed by atoms with Crippen LogP contribution in [-0.2, 0) is 0 Å². The first-order valence-electron chi connectivity index (χ1n) is 5.98. The SMILES string of the molecule is CCCC(CC)CC1=CC=C(F)C=CC1. The zero-order valence-electron chi connectivity index (χ0n) is 9.80. The van der Waals surface area contributed by atoms with Crippen molar-refractivity contribution in [3.05, 3.63) is 35.7 Å². The number of hydrogen-bond donors (Lipinski definition) is 0. The average molecular weight is 208 g/mol. The minimum atomic E-state index is -0.131. The van der Waals surface area contributed by atoms with E-state index in [0.29, 0.717) is 0 Å². The molecular formula is C14H21F. The molecule has 0 N–H and O–H groups in total. The molecule has 0 aliphatic heterocycles. The summed E-state index contributed by atoms with van der Waals surface area (Å²) in [6.45, 7) is 4.47. The second-order valence-electron chi connectivity index (χ2n) is 4.25. The Morgan fingerprint density at radius 3 is 2.80 bits per heavy atom. The third kappa shape index (κ3) is 4.46. The summed E-state index contributed by atoms with van der Waals surface area (Å²) in [5.74, 6) is 0.637. The maximum absolute atomic E-state index is 12.9. The van der Waals surface area contributed by atoms with Crippen LogP contribution in [-0.4, -0.2) is 0 Å². The highest BCUT2D eigenvalue weighted by atomic mass is 19.1. The molecule has 0 fully saturated rings. The summed E-state index contributed by atoms with van der Waals surface area (Å²) >= 11 is 0. The largest absolute Gasteiger partial charge is 0.207 e. The lowest BCUT2D eigenvalue weighted by Crippen LogP contribution is -2.00. The normalized spacial score (nSPS) is 18.1. The van der Waals surface area contributed by atoms with E-state index in [1.807, 2.05) is 12.2 Å². The zero-order valence-corrected chi connectivity index (χ0v) is 9.80. The van der Waals surface area contributed by atoms with Crippen molar-refractivity contribution in [2.24, 2.45) is 5.92 Å². The van der Waals surface area contributed by atoms with Crippen LogP contribution >= 0.6 is 0 Å². The van der Waals surface area contributed by atoms with Gasteiger partial charge in [0.1, 0.15) is 5.83 Å². The fourth-order valence-electron chi connectivity index (χ4n) is 2.02. The minimum Gasteiger partial charge on any atom is -0.207 e. The predicted molar refractivity (Wildman–Crippen MR) is 64.3 cm³/mol. The molecule has 0 aromatic rings. The predicted octanol–water partition coefficient (Wildman–Crippen LogP) is 4.94. The standard InChI is InChI=1S/C14H21F/c1-3-6-12(4-2)11-13-7-5-8-14(15)10-9-13/h5,8-10,12H,3-4,6-7,11H2,1-2H3. The summed E-state index contributed by atoms with van der Waals surface area (Å²) in [7, 11) is 0. The lowest BCUT2D eigenvalue weighted by molar-refractivity contribution is 0.458. The molecule has 84 valence electrons. The molecule has 1 atom stereocenters. The van der Waals surface area contributed by atoms with Gasteiger partial charge in [0.2, 0.25) is 0 Å². The fourth-order valence-corrected chi connectivity index (χ4v) is 2.02. The molecule has 0 heterocycles. The summed E-state index contributed by atoms with van der Waals surface area (Å²) in [4.78, 5) is 0. The van der Waals surface area contributed by atoms with Crippen LogP contribution in [0, 0.1) is 5.92 Å². The third-order valence-electron chi connectivity index (χ3n) is 2.96. The Bertz CT molecular complexity index is 271. The fraction of sp³-hybridized carbons (Fsp3) is 0.571. The molecule has 0 aromatic carbocycles. The number of rotatable bonds is 5. The van der Waals surface area contributed by atoms with Crippen molar-refractivity contribution in [2.45, 2.75) is 46.0 Å². The summed E-state index contributed by atoms with van der Waals surface area (Å²) < 4.78 is 12.9. The topological polar surface area (TPSA) is 0 Å². The maximum atomic E-state index is 12.9. The molecule has 1 unspecified atom stereocenters. The monoisotopic (exact) mass is 208 g/mol. The zero-order chi connectivity index (χ0) is 11.1. The van der Waals surface area contributed by atoms with Gasteiger partial charge in [-0.3, -0.25) is 0 Å². The number of hydrogen-bond acceptors (Lipinski definition) is 0. The Balaban J connectivity index is 2.53. The highest BCUT2D eigenvalue weighted by molar-refractivity contribution is 5.27. The first-order chi connectivity index (χ1) is 7.26. The lowest BCUT2D eigenvalue weighted by Gasteiger charge is -2.14. The quantitative estimate of drug-likeness (QED) is 0.600. The van der Waals surface area contributed by atoms with Gasteiger partial charge in [-0.25, -0.2) is 4.39 Å². The van der Waals surface area contributed by atoms with E-state index in [9.17, 15) is 4.39 Å². The second-order valence-corrected chi connectivity index (χ2v) is 4.25. The van der Waals surface area contributed by atoms with E-state index in [1.165, 1.54) is 24.8 Å². The van der Waals surface area contributed by atoms with Crippen molar-refractivity contribution in [3.63, 3.8) is 0 Å². The Hall–Kier alpha value is -0.850. The van der Waals surface area contributed by atoms with E-state index in [2.05, 4.69) is 13.8 Å². The van der Waals surface area contributed by atoms with E-state index < -0.39 is 0 Å². The van der Waals surface area contributed by atoms with Gasteiger partial charge in [0.25, 0.3) is 0 Å². The Kier molecular flexibility index (Phi) is 5.38. The molecular weight excluding hydrogens is 187 g/mol. The van der Waals surface area contributed by atoms with Gasteiger partial charge in [0.15, 0.2) is 0 Å². The summed E-state index contributed by atoms with van der Waals surface area (Å²) in [5, 5.41) is 0. The van der Waals surface area contributed by atoms with Crippen molar-refractivity contribution in [3.8, 4) is 0 Å².